The zero-order chi connectivity index (χ0) is 32.1. The van der Waals surface area contributed by atoms with E-state index in [1.807, 2.05) is 42.5 Å². The number of benzene rings is 3. The van der Waals surface area contributed by atoms with E-state index in [0.717, 1.165) is 42.0 Å². The third kappa shape index (κ3) is 6.83. The third-order valence-corrected chi connectivity index (χ3v) is 8.46. The molecular weight excluding hydrogens is 570 g/mol. The maximum absolute atomic E-state index is 13.8. The summed E-state index contributed by atoms with van der Waals surface area (Å²) in [4.78, 5) is 40.5. The smallest absolute Gasteiger partial charge is 0.244 e. The Kier molecular flexibility index (Phi) is 9.19. The Morgan fingerprint density at radius 1 is 1.00 bits per heavy atom. The van der Waals surface area contributed by atoms with Crippen LogP contribution in [0.25, 0.3) is 16.8 Å². The molecule has 3 aromatic carbocycles. The molecule has 2 atom stereocenters. The van der Waals surface area contributed by atoms with Crippen LogP contribution in [0.5, 0.6) is 11.8 Å². The highest BCUT2D eigenvalue weighted by Crippen LogP contribution is 2.35. The summed E-state index contributed by atoms with van der Waals surface area (Å²) in [7, 11) is 0. The number of Topliss-reactive ketones (excluding diaryl/α,β-unsaturated/α-hetero) is 1. The lowest BCUT2D eigenvalue weighted by molar-refractivity contribution is -0.123. The fraction of sp³-hybridized carbons (Fsp3) is 0.257. The molecule has 230 valence electrons. The van der Waals surface area contributed by atoms with Crippen molar-refractivity contribution in [3.05, 3.63) is 101 Å². The number of rotatable bonds is 10. The molecule has 1 heterocycles. The molecule has 1 aromatic heterocycles. The zero-order valence-corrected chi connectivity index (χ0v) is 24.9. The molecule has 0 bridgehead atoms. The number of carbonyl (C=O) groups is 3. The van der Waals surface area contributed by atoms with Gasteiger partial charge in [0.1, 0.15) is 0 Å². The lowest BCUT2D eigenvalue weighted by Gasteiger charge is -2.25. The van der Waals surface area contributed by atoms with Crippen molar-refractivity contribution in [1.29, 1.82) is 5.26 Å². The van der Waals surface area contributed by atoms with Gasteiger partial charge in [0.2, 0.25) is 23.6 Å². The van der Waals surface area contributed by atoms with Crippen LogP contribution in [0.1, 0.15) is 70.8 Å². The molecule has 4 aromatic rings. The van der Waals surface area contributed by atoms with E-state index < -0.39 is 41.4 Å². The Balaban J connectivity index is 1.39. The first kappa shape index (κ1) is 30.9. The number of hydrogen-bond donors (Lipinski definition) is 5. The molecule has 2 amide bonds. The molecule has 5 rings (SSSR count). The Bertz CT molecular complexity index is 1790. The number of amides is 2. The van der Waals surface area contributed by atoms with E-state index in [1.54, 1.807) is 30.3 Å². The number of aromatic hydroxyl groups is 2. The quantitative estimate of drug-likeness (QED) is 0.0985. The molecule has 10 heteroatoms. The van der Waals surface area contributed by atoms with Crippen LogP contribution in [0.4, 0.5) is 0 Å². The molecule has 10 nitrogen and oxygen atoms in total. The number of hydrogen-bond acceptors (Lipinski definition) is 7. The predicted molar refractivity (Wildman–Crippen MR) is 171 cm³/mol. The summed E-state index contributed by atoms with van der Waals surface area (Å²) >= 11 is 0. The van der Waals surface area contributed by atoms with E-state index in [-0.39, 0.29) is 23.5 Å². The molecule has 1 aliphatic rings. The number of nitriles is 1. The lowest BCUT2D eigenvalue weighted by Crippen LogP contribution is -2.46. The van der Waals surface area contributed by atoms with Gasteiger partial charge in [-0.3, -0.25) is 14.4 Å². The van der Waals surface area contributed by atoms with Crippen molar-refractivity contribution in [3.8, 4) is 17.8 Å². The number of nitrogen functional groups attached to an aromatic ring is 1. The van der Waals surface area contributed by atoms with Crippen LogP contribution in [-0.4, -0.2) is 38.5 Å². The van der Waals surface area contributed by atoms with Crippen molar-refractivity contribution in [2.75, 3.05) is 5.84 Å². The lowest BCUT2D eigenvalue weighted by atomic mass is 9.90. The average Bonchev–Trinajstić information content (AvgIpc) is 3.65. The molecule has 1 fully saturated rings. The van der Waals surface area contributed by atoms with Gasteiger partial charge in [0.25, 0.3) is 0 Å². The second-order valence-corrected chi connectivity index (χ2v) is 11.4. The minimum absolute atomic E-state index is 0.125. The number of nitrogens with two attached hydrogens (primary N) is 1. The molecule has 0 aliphatic heterocycles. The van der Waals surface area contributed by atoms with Gasteiger partial charge in [-0.1, -0.05) is 61.4 Å². The summed E-state index contributed by atoms with van der Waals surface area (Å²) in [5.41, 5.74) is 1.97. The fourth-order valence-electron chi connectivity index (χ4n) is 5.97. The van der Waals surface area contributed by atoms with Gasteiger partial charge in [0.05, 0.1) is 35.7 Å². The number of nitrogens with one attached hydrogen (secondary N) is 2. The van der Waals surface area contributed by atoms with Gasteiger partial charge in [-0.2, -0.15) is 9.94 Å². The minimum atomic E-state index is -0.948. The largest absolute Gasteiger partial charge is 0.493 e. The van der Waals surface area contributed by atoms with Gasteiger partial charge in [-0.25, -0.2) is 0 Å². The molecular formula is C35H35N5O5. The summed E-state index contributed by atoms with van der Waals surface area (Å²) in [6.07, 6.45) is 6.08. The highest BCUT2D eigenvalue weighted by molar-refractivity contribution is 6.05. The Hall–Kier alpha value is -5.56. The summed E-state index contributed by atoms with van der Waals surface area (Å²) in [5.74, 6) is 3.14. The Labute approximate surface area is 260 Å². The van der Waals surface area contributed by atoms with E-state index in [1.165, 1.54) is 13.0 Å². The SMILES string of the molecule is Cc1c(C(=O)[C@@H](NC(=O)CC(NC(=O)C=Cc2ccc(C#N)cc2)c2ccc3ccccc3c2)C2CCCC2)c(O)n(N)c1O. The van der Waals surface area contributed by atoms with Crippen molar-refractivity contribution in [2.24, 2.45) is 5.92 Å². The van der Waals surface area contributed by atoms with Crippen LogP contribution in [0, 0.1) is 24.2 Å². The normalized spacial score (nSPS) is 14.7. The third-order valence-electron chi connectivity index (χ3n) is 8.46. The van der Waals surface area contributed by atoms with E-state index in [9.17, 15) is 24.6 Å². The van der Waals surface area contributed by atoms with Gasteiger partial charge in [0.15, 0.2) is 5.78 Å². The summed E-state index contributed by atoms with van der Waals surface area (Å²) in [6.45, 7) is 1.48. The first-order chi connectivity index (χ1) is 21.7. The molecule has 6 N–H and O–H groups in total. The molecule has 45 heavy (non-hydrogen) atoms. The number of fused-ring (bicyclic) bond motifs is 1. The molecule has 0 radical (unpaired) electrons. The van der Waals surface area contributed by atoms with Gasteiger partial charge in [0, 0.05) is 11.6 Å². The highest BCUT2D eigenvalue weighted by Gasteiger charge is 2.37. The topological polar surface area (TPSA) is 170 Å². The minimum Gasteiger partial charge on any atom is -0.493 e. The van der Waals surface area contributed by atoms with Crippen molar-refractivity contribution in [2.45, 2.75) is 51.1 Å². The van der Waals surface area contributed by atoms with Crippen molar-refractivity contribution < 1.29 is 24.6 Å². The first-order valence-corrected chi connectivity index (χ1v) is 14.9. The maximum atomic E-state index is 13.8. The zero-order valence-electron chi connectivity index (χ0n) is 24.9. The summed E-state index contributed by atoms with van der Waals surface area (Å²) in [5, 5.41) is 37.5. The van der Waals surface area contributed by atoms with Crippen LogP contribution < -0.4 is 16.5 Å². The van der Waals surface area contributed by atoms with E-state index in [0.29, 0.717) is 15.8 Å². The van der Waals surface area contributed by atoms with E-state index in [4.69, 9.17) is 11.1 Å². The van der Waals surface area contributed by atoms with Gasteiger partial charge in [-0.15, -0.1) is 0 Å². The molecule has 1 saturated carbocycles. The van der Waals surface area contributed by atoms with Crippen LogP contribution in [0.2, 0.25) is 0 Å². The van der Waals surface area contributed by atoms with E-state index >= 15 is 0 Å². The van der Waals surface area contributed by atoms with Crippen LogP contribution >= 0.6 is 0 Å². The average molecular weight is 606 g/mol. The number of carbonyl (C=O) groups excluding carboxylic acids is 3. The Morgan fingerprint density at radius 2 is 1.69 bits per heavy atom. The summed E-state index contributed by atoms with van der Waals surface area (Å²) in [6, 6.07) is 20.6. The van der Waals surface area contributed by atoms with Gasteiger partial charge >= 0.3 is 0 Å². The van der Waals surface area contributed by atoms with Gasteiger partial charge in [-0.05, 0) is 71.9 Å². The second kappa shape index (κ2) is 13.4. The van der Waals surface area contributed by atoms with Crippen LogP contribution in [-0.2, 0) is 9.59 Å². The van der Waals surface area contributed by atoms with E-state index in [2.05, 4.69) is 16.7 Å². The molecule has 0 saturated heterocycles. The Morgan fingerprint density at radius 3 is 2.33 bits per heavy atom. The monoisotopic (exact) mass is 605 g/mol. The van der Waals surface area contributed by atoms with Crippen LogP contribution in [0.3, 0.4) is 0 Å². The number of aromatic nitrogens is 1. The second-order valence-electron chi connectivity index (χ2n) is 11.4. The highest BCUT2D eigenvalue weighted by atomic mass is 16.3. The number of ketones is 1. The van der Waals surface area contributed by atoms with Gasteiger partial charge < -0.3 is 26.7 Å². The van der Waals surface area contributed by atoms with Crippen molar-refractivity contribution in [1.82, 2.24) is 15.3 Å². The number of nitrogens with zero attached hydrogens (tertiary/aromatic N) is 2. The van der Waals surface area contributed by atoms with Crippen molar-refractivity contribution in [3.63, 3.8) is 0 Å². The first-order valence-electron chi connectivity index (χ1n) is 14.9. The predicted octanol–water partition coefficient (Wildman–Crippen LogP) is 4.77. The summed E-state index contributed by atoms with van der Waals surface area (Å²) < 4.78 is 0.646. The molecule has 1 unspecified atom stereocenters. The molecule has 1 aliphatic carbocycles. The maximum Gasteiger partial charge on any atom is 0.244 e. The van der Waals surface area contributed by atoms with Crippen molar-refractivity contribution >= 4 is 34.4 Å². The standard InChI is InChI=1S/C35H35N5O5/c1-21-31(35(45)40(37)34(21)44)33(43)32(25-7-3-4-8-25)39-30(42)19-28(27-16-15-24-6-2-5-9-26(24)18-27)38-29(41)17-14-22-10-12-23(20-36)13-11-22/h2,5-6,9-18,25,28,32,44-45H,3-4,7-8,19,37H2,1H3,(H,38,41)(H,39,42)/t28?,32-/m0/s1. The molecule has 0 spiro atoms. The van der Waals surface area contributed by atoms with Crippen LogP contribution in [0.15, 0.2) is 72.8 Å². The fourth-order valence-corrected chi connectivity index (χ4v) is 5.97.